The maximum atomic E-state index is 11.8. The number of carbonyl (C=O) groups excluding carboxylic acids is 1. The predicted molar refractivity (Wildman–Crippen MR) is 68.8 cm³/mol. The molecule has 0 radical (unpaired) electrons. The standard InChI is InChI=1S/C11H14BrClN2O/c1-2-9(5-6-13)15-11(16)10-4-3-8(12)7-14-10/h3-4,7,9H,2,5-6H2,1H3,(H,15,16). The summed E-state index contributed by atoms with van der Waals surface area (Å²) in [6, 6.07) is 3.60. The van der Waals surface area contributed by atoms with Crippen LogP contribution in [0.1, 0.15) is 30.3 Å². The smallest absolute Gasteiger partial charge is 0.270 e. The second-order valence-electron chi connectivity index (χ2n) is 3.42. The van der Waals surface area contributed by atoms with Crippen molar-refractivity contribution in [3.05, 3.63) is 28.5 Å². The van der Waals surface area contributed by atoms with E-state index in [9.17, 15) is 4.79 Å². The van der Waals surface area contributed by atoms with E-state index in [0.717, 1.165) is 17.3 Å². The summed E-state index contributed by atoms with van der Waals surface area (Å²) in [6.07, 6.45) is 3.26. The molecule has 0 aliphatic carbocycles. The lowest BCUT2D eigenvalue weighted by molar-refractivity contribution is 0.0930. The zero-order valence-corrected chi connectivity index (χ0v) is 11.4. The van der Waals surface area contributed by atoms with Gasteiger partial charge in [-0.05, 0) is 40.9 Å². The van der Waals surface area contributed by atoms with Crippen molar-refractivity contribution in [2.45, 2.75) is 25.8 Å². The van der Waals surface area contributed by atoms with E-state index in [0.29, 0.717) is 11.6 Å². The van der Waals surface area contributed by atoms with Gasteiger partial charge in [0.25, 0.3) is 5.91 Å². The Morgan fingerprint density at radius 1 is 1.62 bits per heavy atom. The third-order valence-corrected chi connectivity index (χ3v) is 2.93. The number of alkyl halides is 1. The highest BCUT2D eigenvalue weighted by Crippen LogP contribution is 2.08. The number of aromatic nitrogens is 1. The third kappa shape index (κ3) is 4.10. The van der Waals surface area contributed by atoms with E-state index < -0.39 is 0 Å². The fourth-order valence-corrected chi connectivity index (χ4v) is 1.78. The molecule has 0 bridgehead atoms. The Morgan fingerprint density at radius 2 is 2.38 bits per heavy atom. The Hall–Kier alpha value is -0.610. The van der Waals surface area contributed by atoms with Crippen LogP contribution >= 0.6 is 27.5 Å². The van der Waals surface area contributed by atoms with Gasteiger partial charge in [-0.1, -0.05) is 6.92 Å². The van der Waals surface area contributed by atoms with Gasteiger partial charge in [-0.2, -0.15) is 0 Å². The highest BCUT2D eigenvalue weighted by Gasteiger charge is 2.12. The SMILES string of the molecule is CCC(CCCl)NC(=O)c1ccc(Br)cn1. The largest absolute Gasteiger partial charge is 0.348 e. The maximum Gasteiger partial charge on any atom is 0.270 e. The highest BCUT2D eigenvalue weighted by atomic mass is 79.9. The number of pyridine rings is 1. The van der Waals surface area contributed by atoms with Crippen molar-refractivity contribution in [2.24, 2.45) is 0 Å². The molecule has 1 aromatic rings. The van der Waals surface area contributed by atoms with E-state index >= 15 is 0 Å². The van der Waals surface area contributed by atoms with Gasteiger partial charge in [0.05, 0.1) is 0 Å². The summed E-state index contributed by atoms with van der Waals surface area (Å²) in [5.41, 5.74) is 0.427. The Bertz CT molecular complexity index is 342. The highest BCUT2D eigenvalue weighted by molar-refractivity contribution is 9.10. The van der Waals surface area contributed by atoms with Crippen LogP contribution in [0.5, 0.6) is 0 Å². The number of nitrogens with zero attached hydrogens (tertiary/aromatic N) is 1. The summed E-state index contributed by atoms with van der Waals surface area (Å²) < 4.78 is 0.858. The van der Waals surface area contributed by atoms with Crippen molar-refractivity contribution in [2.75, 3.05) is 5.88 Å². The second-order valence-corrected chi connectivity index (χ2v) is 4.71. The van der Waals surface area contributed by atoms with Crippen molar-refractivity contribution in [1.29, 1.82) is 0 Å². The summed E-state index contributed by atoms with van der Waals surface area (Å²) in [5.74, 6) is 0.400. The van der Waals surface area contributed by atoms with Crippen LogP contribution in [0.2, 0.25) is 0 Å². The predicted octanol–water partition coefficient (Wildman–Crippen LogP) is 2.98. The van der Waals surface area contributed by atoms with Gasteiger partial charge in [0.15, 0.2) is 0 Å². The first-order chi connectivity index (χ1) is 7.67. The first-order valence-corrected chi connectivity index (χ1v) is 6.48. The molecule has 0 spiro atoms. The zero-order valence-electron chi connectivity index (χ0n) is 9.04. The molecule has 0 saturated heterocycles. The normalized spacial score (nSPS) is 12.2. The van der Waals surface area contributed by atoms with Crippen molar-refractivity contribution in [1.82, 2.24) is 10.3 Å². The summed E-state index contributed by atoms with van der Waals surface area (Å²) in [7, 11) is 0. The van der Waals surface area contributed by atoms with Gasteiger partial charge in [-0.25, -0.2) is 4.98 Å². The fraction of sp³-hybridized carbons (Fsp3) is 0.455. The van der Waals surface area contributed by atoms with Crippen molar-refractivity contribution in [3.8, 4) is 0 Å². The topological polar surface area (TPSA) is 42.0 Å². The van der Waals surface area contributed by atoms with E-state index in [-0.39, 0.29) is 11.9 Å². The lowest BCUT2D eigenvalue weighted by Gasteiger charge is -2.15. The van der Waals surface area contributed by atoms with Gasteiger partial charge in [0.1, 0.15) is 5.69 Å². The van der Waals surface area contributed by atoms with Gasteiger partial charge in [0, 0.05) is 22.6 Å². The average Bonchev–Trinajstić information content (AvgIpc) is 2.29. The molecule has 0 fully saturated rings. The van der Waals surface area contributed by atoms with E-state index in [1.807, 2.05) is 6.92 Å². The summed E-state index contributed by atoms with van der Waals surface area (Å²) in [6.45, 7) is 2.02. The number of nitrogens with one attached hydrogen (secondary N) is 1. The van der Waals surface area contributed by atoms with Crippen LogP contribution in [-0.2, 0) is 0 Å². The lowest BCUT2D eigenvalue weighted by Crippen LogP contribution is -2.35. The molecule has 1 heterocycles. The summed E-state index contributed by atoms with van der Waals surface area (Å²) >= 11 is 8.92. The minimum Gasteiger partial charge on any atom is -0.348 e. The van der Waals surface area contributed by atoms with E-state index in [1.54, 1.807) is 18.3 Å². The lowest BCUT2D eigenvalue weighted by atomic mass is 10.1. The Morgan fingerprint density at radius 3 is 2.88 bits per heavy atom. The molecule has 1 aromatic heterocycles. The maximum absolute atomic E-state index is 11.8. The molecule has 0 aliphatic rings. The van der Waals surface area contributed by atoms with Gasteiger partial charge < -0.3 is 5.32 Å². The molecular formula is C11H14BrClN2O. The third-order valence-electron chi connectivity index (χ3n) is 2.25. The molecule has 0 aliphatic heterocycles. The monoisotopic (exact) mass is 304 g/mol. The van der Waals surface area contributed by atoms with E-state index in [1.165, 1.54) is 0 Å². The molecule has 1 amide bonds. The van der Waals surface area contributed by atoms with Gasteiger partial charge in [-0.3, -0.25) is 4.79 Å². The molecule has 16 heavy (non-hydrogen) atoms. The average molecular weight is 306 g/mol. The van der Waals surface area contributed by atoms with Crippen LogP contribution in [0.15, 0.2) is 22.8 Å². The molecular weight excluding hydrogens is 291 g/mol. The zero-order chi connectivity index (χ0) is 12.0. The Balaban J connectivity index is 2.60. The molecule has 1 rings (SSSR count). The number of hydrogen-bond donors (Lipinski definition) is 1. The minimum atomic E-state index is -0.149. The van der Waals surface area contributed by atoms with Crippen LogP contribution in [0.4, 0.5) is 0 Å². The molecule has 5 heteroatoms. The fourth-order valence-electron chi connectivity index (χ4n) is 1.28. The Kier molecular flexibility index (Phi) is 5.77. The summed E-state index contributed by atoms with van der Waals surface area (Å²) in [4.78, 5) is 15.8. The summed E-state index contributed by atoms with van der Waals surface area (Å²) in [5, 5.41) is 2.90. The van der Waals surface area contributed by atoms with E-state index in [2.05, 4.69) is 26.2 Å². The van der Waals surface area contributed by atoms with Crippen LogP contribution in [0, 0.1) is 0 Å². The number of halogens is 2. The quantitative estimate of drug-likeness (QED) is 0.850. The Labute approximate surface area is 109 Å². The van der Waals surface area contributed by atoms with Crippen LogP contribution in [0.3, 0.4) is 0 Å². The molecule has 3 nitrogen and oxygen atoms in total. The van der Waals surface area contributed by atoms with Crippen LogP contribution in [-0.4, -0.2) is 22.8 Å². The van der Waals surface area contributed by atoms with Crippen LogP contribution in [0.25, 0.3) is 0 Å². The second kappa shape index (κ2) is 6.86. The molecule has 1 unspecified atom stereocenters. The number of hydrogen-bond acceptors (Lipinski definition) is 2. The molecule has 1 N–H and O–H groups in total. The van der Waals surface area contributed by atoms with Gasteiger partial charge in [-0.15, -0.1) is 11.6 Å². The molecule has 0 aromatic carbocycles. The van der Waals surface area contributed by atoms with E-state index in [4.69, 9.17) is 11.6 Å². The first-order valence-electron chi connectivity index (χ1n) is 5.15. The molecule has 0 saturated carbocycles. The van der Waals surface area contributed by atoms with Gasteiger partial charge in [0.2, 0.25) is 0 Å². The minimum absolute atomic E-state index is 0.121. The van der Waals surface area contributed by atoms with Gasteiger partial charge >= 0.3 is 0 Å². The van der Waals surface area contributed by atoms with Crippen LogP contribution < -0.4 is 5.32 Å². The number of amides is 1. The van der Waals surface area contributed by atoms with Crippen molar-refractivity contribution in [3.63, 3.8) is 0 Å². The van der Waals surface area contributed by atoms with Crippen molar-refractivity contribution >= 4 is 33.4 Å². The first kappa shape index (κ1) is 13.5. The molecule has 88 valence electrons. The van der Waals surface area contributed by atoms with Crippen molar-refractivity contribution < 1.29 is 4.79 Å². The number of rotatable bonds is 5. The number of carbonyl (C=O) groups is 1. The molecule has 1 atom stereocenters.